The molecule has 0 spiro atoms. The second-order valence-electron chi connectivity index (χ2n) is 4.32. The minimum absolute atomic E-state index is 0.610. The van der Waals surface area contributed by atoms with Gasteiger partial charge in [0.15, 0.2) is 0 Å². The van der Waals surface area contributed by atoms with E-state index in [1.165, 1.54) is 11.1 Å². The molecule has 0 bridgehead atoms. The van der Waals surface area contributed by atoms with Gasteiger partial charge < -0.3 is 10.1 Å². The maximum atomic E-state index is 5.78. The Morgan fingerprint density at radius 2 is 1.83 bits per heavy atom. The first kappa shape index (κ1) is 12.4. The van der Waals surface area contributed by atoms with E-state index in [1.807, 2.05) is 37.3 Å². The van der Waals surface area contributed by atoms with Gasteiger partial charge in [0.1, 0.15) is 11.6 Å². The van der Waals surface area contributed by atoms with E-state index >= 15 is 0 Å². The average molecular weight is 242 g/mol. The third-order valence-electron chi connectivity index (χ3n) is 2.50. The molecule has 1 N–H and O–H groups in total. The fourth-order valence-electron chi connectivity index (χ4n) is 1.86. The number of benzene rings is 1. The van der Waals surface area contributed by atoms with Crippen molar-refractivity contribution in [1.29, 1.82) is 0 Å². The highest BCUT2D eigenvalue weighted by Crippen LogP contribution is 2.23. The van der Waals surface area contributed by atoms with Gasteiger partial charge in [-0.05, 0) is 50.1 Å². The zero-order valence-corrected chi connectivity index (χ0v) is 11.0. The molecule has 0 unspecified atom stereocenters. The lowest BCUT2D eigenvalue weighted by Crippen LogP contribution is -1.99. The van der Waals surface area contributed by atoms with E-state index in [4.69, 9.17) is 4.74 Å². The zero-order valence-electron chi connectivity index (χ0n) is 11.0. The minimum atomic E-state index is 0.610. The van der Waals surface area contributed by atoms with Gasteiger partial charge in [0.05, 0.1) is 0 Å². The molecule has 0 radical (unpaired) electrons. The van der Waals surface area contributed by atoms with Crippen LogP contribution in [0.1, 0.15) is 18.1 Å². The fourth-order valence-corrected chi connectivity index (χ4v) is 1.86. The summed E-state index contributed by atoms with van der Waals surface area (Å²) in [5.41, 5.74) is 2.38. The van der Waals surface area contributed by atoms with Crippen molar-refractivity contribution in [2.45, 2.75) is 20.8 Å². The van der Waals surface area contributed by atoms with Gasteiger partial charge in [0, 0.05) is 12.6 Å². The van der Waals surface area contributed by atoms with E-state index in [2.05, 4.69) is 30.2 Å². The highest BCUT2D eigenvalue weighted by molar-refractivity contribution is 5.39. The molecular formula is C15H18N2O. The van der Waals surface area contributed by atoms with E-state index in [0.29, 0.717) is 5.88 Å². The number of pyridine rings is 1. The van der Waals surface area contributed by atoms with E-state index in [1.54, 1.807) is 0 Å². The van der Waals surface area contributed by atoms with Gasteiger partial charge >= 0.3 is 0 Å². The number of ether oxygens (including phenoxy) is 1. The molecule has 18 heavy (non-hydrogen) atoms. The van der Waals surface area contributed by atoms with Gasteiger partial charge in [-0.1, -0.05) is 12.1 Å². The molecule has 94 valence electrons. The Labute approximate surface area is 108 Å². The number of nitrogens with zero attached hydrogens (tertiary/aromatic N) is 1. The standard InChI is InChI=1S/C15H18N2O/c1-4-16-14-6-5-7-15(17-14)18-13-9-11(2)8-12(3)10-13/h5-10H,4H2,1-3H3,(H,16,17). The molecule has 1 heterocycles. The zero-order chi connectivity index (χ0) is 13.0. The van der Waals surface area contributed by atoms with Gasteiger partial charge in [0.25, 0.3) is 0 Å². The normalized spacial score (nSPS) is 10.2. The highest BCUT2D eigenvalue weighted by Gasteiger charge is 2.01. The first-order valence-corrected chi connectivity index (χ1v) is 6.14. The lowest BCUT2D eigenvalue weighted by Gasteiger charge is -2.08. The average Bonchev–Trinajstić information content (AvgIpc) is 2.28. The SMILES string of the molecule is CCNc1cccc(Oc2cc(C)cc(C)c2)n1. The number of rotatable bonds is 4. The van der Waals surface area contributed by atoms with Crippen LogP contribution in [0, 0.1) is 13.8 Å². The molecule has 3 heteroatoms. The van der Waals surface area contributed by atoms with Crippen molar-refractivity contribution in [3.8, 4) is 11.6 Å². The summed E-state index contributed by atoms with van der Waals surface area (Å²) in [6.45, 7) is 7.00. The van der Waals surface area contributed by atoms with E-state index in [0.717, 1.165) is 18.1 Å². The Hall–Kier alpha value is -2.03. The lowest BCUT2D eigenvalue weighted by molar-refractivity contribution is 0.463. The number of hydrogen-bond acceptors (Lipinski definition) is 3. The van der Waals surface area contributed by atoms with Crippen LogP contribution >= 0.6 is 0 Å². The first-order chi connectivity index (χ1) is 8.67. The van der Waals surface area contributed by atoms with Crippen molar-refractivity contribution in [1.82, 2.24) is 4.98 Å². The summed E-state index contributed by atoms with van der Waals surface area (Å²) in [6, 6.07) is 11.9. The van der Waals surface area contributed by atoms with Crippen LogP contribution in [-0.4, -0.2) is 11.5 Å². The largest absolute Gasteiger partial charge is 0.439 e. The van der Waals surface area contributed by atoms with Crippen molar-refractivity contribution < 1.29 is 4.74 Å². The third kappa shape index (κ3) is 3.23. The summed E-state index contributed by atoms with van der Waals surface area (Å²) < 4.78 is 5.78. The summed E-state index contributed by atoms with van der Waals surface area (Å²) in [7, 11) is 0. The molecule has 0 saturated carbocycles. The Kier molecular flexibility index (Phi) is 3.82. The van der Waals surface area contributed by atoms with E-state index < -0.39 is 0 Å². The molecule has 2 rings (SSSR count). The molecular weight excluding hydrogens is 224 g/mol. The van der Waals surface area contributed by atoms with E-state index in [9.17, 15) is 0 Å². The number of aryl methyl sites for hydroxylation is 2. The second-order valence-corrected chi connectivity index (χ2v) is 4.32. The highest BCUT2D eigenvalue weighted by atomic mass is 16.5. The van der Waals surface area contributed by atoms with Crippen LogP contribution in [-0.2, 0) is 0 Å². The van der Waals surface area contributed by atoms with Gasteiger partial charge in [-0.3, -0.25) is 0 Å². The van der Waals surface area contributed by atoms with Gasteiger partial charge in [-0.15, -0.1) is 0 Å². The number of anilines is 1. The van der Waals surface area contributed by atoms with Crippen molar-refractivity contribution in [3.05, 3.63) is 47.5 Å². The Bertz CT molecular complexity index is 518. The summed E-state index contributed by atoms with van der Waals surface area (Å²) in [5, 5.41) is 3.17. The molecule has 0 saturated heterocycles. The topological polar surface area (TPSA) is 34.1 Å². The second kappa shape index (κ2) is 5.54. The van der Waals surface area contributed by atoms with Crippen molar-refractivity contribution in [2.75, 3.05) is 11.9 Å². The van der Waals surface area contributed by atoms with Crippen molar-refractivity contribution >= 4 is 5.82 Å². The monoisotopic (exact) mass is 242 g/mol. The van der Waals surface area contributed by atoms with E-state index in [-0.39, 0.29) is 0 Å². The van der Waals surface area contributed by atoms with Crippen LogP contribution in [0.2, 0.25) is 0 Å². The molecule has 1 aromatic carbocycles. The maximum absolute atomic E-state index is 5.78. The van der Waals surface area contributed by atoms with Crippen molar-refractivity contribution in [3.63, 3.8) is 0 Å². The predicted octanol–water partition coefficient (Wildman–Crippen LogP) is 3.92. The maximum Gasteiger partial charge on any atom is 0.221 e. The predicted molar refractivity (Wildman–Crippen MR) is 74.4 cm³/mol. The molecule has 0 amide bonds. The molecule has 3 nitrogen and oxygen atoms in total. The number of hydrogen-bond donors (Lipinski definition) is 1. The molecule has 0 aliphatic rings. The molecule has 0 aliphatic carbocycles. The molecule has 0 atom stereocenters. The minimum Gasteiger partial charge on any atom is -0.439 e. The van der Waals surface area contributed by atoms with Gasteiger partial charge in [-0.2, -0.15) is 4.98 Å². The third-order valence-corrected chi connectivity index (χ3v) is 2.50. The summed E-state index contributed by atoms with van der Waals surface area (Å²) in [6.07, 6.45) is 0. The molecule has 2 aromatic rings. The Morgan fingerprint density at radius 3 is 2.50 bits per heavy atom. The molecule has 0 aliphatic heterocycles. The molecule has 0 fully saturated rings. The summed E-state index contributed by atoms with van der Waals surface area (Å²) in [4.78, 5) is 4.38. The summed E-state index contributed by atoms with van der Waals surface area (Å²) >= 11 is 0. The fraction of sp³-hybridized carbons (Fsp3) is 0.267. The van der Waals surface area contributed by atoms with Crippen LogP contribution < -0.4 is 10.1 Å². The summed E-state index contributed by atoms with van der Waals surface area (Å²) in [5.74, 6) is 2.27. The van der Waals surface area contributed by atoms with Crippen LogP contribution in [0.4, 0.5) is 5.82 Å². The smallest absolute Gasteiger partial charge is 0.221 e. The lowest BCUT2D eigenvalue weighted by atomic mass is 10.1. The van der Waals surface area contributed by atoms with Crippen LogP contribution in [0.5, 0.6) is 11.6 Å². The molecule has 1 aromatic heterocycles. The quantitative estimate of drug-likeness (QED) is 0.882. The van der Waals surface area contributed by atoms with Gasteiger partial charge in [-0.25, -0.2) is 0 Å². The van der Waals surface area contributed by atoms with Crippen LogP contribution in [0.25, 0.3) is 0 Å². The van der Waals surface area contributed by atoms with Crippen LogP contribution in [0.15, 0.2) is 36.4 Å². The van der Waals surface area contributed by atoms with Gasteiger partial charge in [0.2, 0.25) is 5.88 Å². The van der Waals surface area contributed by atoms with Crippen molar-refractivity contribution in [2.24, 2.45) is 0 Å². The number of nitrogens with one attached hydrogen (secondary N) is 1. The Morgan fingerprint density at radius 1 is 1.11 bits per heavy atom. The van der Waals surface area contributed by atoms with Crippen LogP contribution in [0.3, 0.4) is 0 Å². The Balaban J connectivity index is 2.20. The first-order valence-electron chi connectivity index (χ1n) is 6.14. The number of aromatic nitrogens is 1.